The highest BCUT2D eigenvalue weighted by Gasteiger charge is 2.27. The Morgan fingerprint density at radius 1 is 1.28 bits per heavy atom. The normalized spacial score (nSPS) is 18.2. The first kappa shape index (κ1) is 16.8. The summed E-state index contributed by atoms with van der Waals surface area (Å²) in [6.07, 6.45) is 6.41. The van der Waals surface area contributed by atoms with Gasteiger partial charge in [0.25, 0.3) is 0 Å². The molecule has 8 nitrogen and oxygen atoms in total. The zero-order valence-electron chi connectivity index (χ0n) is 13.9. The summed E-state index contributed by atoms with van der Waals surface area (Å²) in [5.41, 5.74) is 13.6. The van der Waals surface area contributed by atoms with Gasteiger partial charge < -0.3 is 27.4 Å². The molecule has 2 amide bonds. The van der Waals surface area contributed by atoms with E-state index < -0.39 is 0 Å². The number of guanidine groups is 1. The number of nitrogens with two attached hydrogens (primary N) is 2. The Hall–Kier alpha value is -3.00. The van der Waals surface area contributed by atoms with Gasteiger partial charge in [0.15, 0.2) is 5.96 Å². The summed E-state index contributed by atoms with van der Waals surface area (Å²) >= 11 is 0. The summed E-state index contributed by atoms with van der Waals surface area (Å²) < 4.78 is 0. The number of urea groups is 1. The van der Waals surface area contributed by atoms with Crippen LogP contribution in [0.3, 0.4) is 0 Å². The molecule has 2 aliphatic rings. The van der Waals surface area contributed by atoms with E-state index in [1.54, 1.807) is 4.90 Å². The summed E-state index contributed by atoms with van der Waals surface area (Å²) in [5, 5.41) is 9.32. The third-order valence-electron chi connectivity index (χ3n) is 3.99. The Morgan fingerprint density at radius 2 is 2.08 bits per heavy atom. The maximum absolute atomic E-state index is 12.2. The third-order valence-corrected chi connectivity index (χ3v) is 3.99. The lowest BCUT2D eigenvalue weighted by Gasteiger charge is -2.28. The first-order valence-corrected chi connectivity index (χ1v) is 8.22. The Balaban J connectivity index is 1.52. The topological polar surface area (TPSA) is 121 Å². The number of rotatable bonds is 7. The highest BCUT2D eigenvalue weighted by atomic mass is 16.2. The van der Waals surface area contributed by atoms with Gasteiger partial charge in [0.1, 0.15) is 6.17 Å². The van der Waals surface area contributed by atoms with E-state index in [4.69, 9.17) is 11.5 Å². The van der Waals surface area contributed by atoms with Crippen molar-refractivity contribution in [3.8, 4) is 0 Å². The molecule has 0 fully saturated rings. The molecule has 1 unspecified atom stereocenters. The fourth-order valence-electron chi connectivity index (χ4n) is 2.69. The number of anilines is 1. The number of amides is 2. The van der Waals surface area contributed by atoms with Crippen LogP contribution in [-0.4, -0.2) is 31.2 Å². The predicted octanol–water partition coefficient (Wildman–Crippen LogP) is 0.296. The second-order valence-electron chi connectivity index (χ2n) is 5.88. The molecule has 1 aromatic carbocycles. The van der Waals surface area contributed by atoms with E-state index in [2.05, 4.69) is 20.9 Å². The zero-order valence-corrected chi connectivity index (χ0v) is 13.9. The number of nitrogens with one attached hydrogen (secondary N) is 3. The minimum absolute atomic E-state index is 0.119. The third kappa shape index (κ3) is 4.30. The standard InChI is InChI=1S/C17H23N7O/c18-16(19)22-8-1-7-20-10-12-2-4-14(5-3-12)24-11-13-6-9-21-15(13)23-17(24)25/h2-6,9,11,15,20-21H,1,7-8,10H2,(H,23,25)(H4,18,19,22). The van der Waals surface area contributed by atoms with Gasteiger partial charge in [-0.3, -0.25) is 9.89 Å². The molecule has 0 bridgehead atoms. The molecule has 132 valence electrons. The Labute approximate surface area is 146 Å². The minimum Gasteiger partial charge on any atom is -0.370 e. The molecule has 0 aliphatic carbocycles. The van der Waals surface area contributed by atoms with Crippen LogP contribution in [0.15, 0.2) is 53.3 Å². The number of hydrogen-bond donors (Lipinski definition) is 5. The van der Waals surface area contributed by atoms with Gasteiger partial charge in [-0.25, -0.2) is 4.79 Å². The van der Waals surface area contributed by atoms with Gasteiger partial charge in [-0.1, -0.05) is 12.1 Å². The zero-order chi connectivity index (χ0) is 17.6. The summed E-state index contributed by atoms with van der Waals surface area (Å²) in [4.78, 5) is 17.8. The molecule has 2 aliphatic heterocycles. The van der Waals surface area contributed by atoms with Crippen molar-refractivity contribution in [3.63, 3.8) is 0 Å². The van der Waals surface area contributed by atoms with E-state index in [9.17, 15) is 4.79 Å². The smallest absolute Gasteiger partial charge is 0.327 e. The molecule has 0 radical (unpaired) electrons. The molecule has 25 heavy (non-hydrogen) atoms. The number of hydrogen-bond acceptors (Lipinski definition) is 4. The lowest BCUT2D eigenvalue weighted by atomic mass is 10.1. The monoisotopic (exact) mass is 341 g/mol. The fourth-order valence-corrected chi connectivity index (χ4v) is 2.69. The summed E-state index contributed by atoms with van der Waals surface area (Å²) in [6.45, 7) is 2.21. The Kier molecular flexibility index (Phi) is 5.20. The molecule has 2 heterocycles. The van der Waals surface area contributed by atoms with Gasteiger partial charge >= 0.3 is 6.03 Å². The average Bonchev–Trinajstić information content (AvgIpc) is 3.05. The summed E-state index contributed by atoms with van der Waals surface area (Å²) in [7, 11) is 0. The first-order chi connectivity index (χ1) is 12.1. The van der Waals surface area contributed by atoms with Crippen molar-refractivity contribution in [2.75, 3.05) is 18.0 Å². The van der Waals surface area contributed by atoms with E-state index in [0.29, 0.717) is 6.54 Å². The molecule has 0 aromatic heterocycles. The van der Waals surface area contributed by atoms with Gasteiger partial charge in [0.05, 0.1) is 5.69 Å². The highest BCUT2D eigenvalue weighted by molar-refractivity contribution is 5.95. The van der Waals surface area contributed by atoms with E-state index in [-0.39, 0.29) is 18.2 Å². The van der Waals surface area contributed by atoms with Crippen molar-refractivity contribution in [1.29, 1.82) is 0 Å². The molecular weight excluding hydrogens is 318 g/mol. The molecule has 0 spiro atoms. The van der Waals surface area contributed by atoms with Gasteiger partial charge in [-0.15, -0.1) is 0 Å². The molecule has 0 saturated carbocycles. The SMILES string of the molecule is NC(N)=NCCCNCc1ccc(N2C=C3C=CNC3NC2=O)cc1. The van der Waals surface area contributed by atoms with Crippen molar-refractivity contribution in [2.24, 2.45) is 16.5 Å². The second kappa shape index (κ2) is 7.71. The van der Waals surface area contributed by atoms with Gasteiger partial charge in [-0.2, -0.15) is 0 Å². The van der Waals surface area contributed by atoms with Crippen LogP contribution in [0.1, 0.15) is 12.0 Å². The molecular formula is C17H23N7O. The lowest BCUT2D eigenvalue weighted by molar-refractivity contribution is 0.244. The molecule has 3 rings (SSSR count). The van der Waals surface area contributed by atoms with Crippen LogP contribution < -0.4 is 32.3 Å². The number of carbonyl (C=O) groups excluding carboxylic acids is 1. The molecule has 0 saturated heterocycles. The van der Waals surface area contributed by atoms with Gasteiger partial charge in [0.2, 0.25) is 0 Å². The Morgan fingerprint density at radius 3 is 2.84 bits per heavy atom. The number of carbonyl (C=O) groups is 1. The van der Waals surface area contributed by atoms with Crippen LogP contribution in [-0.2, 0) is 6.54 Å². The van der Waals surface area contributed by atoms with Crippen molar-refractivity contribution in [3.05, 3.63) is 53.9 Å². The number of fused-ring (bicyclic) bond motifs is 1. The van der Waals surface area contributed by atoms with E-state index in [1.807, 2.05) is 42.7 Å². The molecule has 1 aromatic rings. The second-order valence-corrected chi connectivity index (χ2v) is 5.88. The van der Waals surface area contributed by atoms with Crippen LogP contribution in [0, 0.1) is 0 Å². The van der Waals surface area contributed by atoms with Crippen LogP contribution in [0.4, 0.5) is 10.5 Å². The van der Waals surface area contributed by atoms with Crippen molar-refractivity contribution in [2.45, 2.75) is 19.1 Å². The predicted molar refractivity (Wildman–Crippen MR) is 98.6 cm³/mol. The molecule has 8 heteroatoms. The average molecular weight is 341 g/mol. The van der Waals surface area contributed by atoms with Crippen LogP contribution >= 0.6 is 0 Å². The van der Waals surface area contributed by atoms with Crippen LogP contribution in [0.5, 0.6) is 0 Å². The van der Waals surface area contributed by atoms with Crippen molar-refractivity contribution in [1.82, 2.24) is 16.0 Å². The van der Waals surface area contributed by atoms with Crippen molar-refractivity contribution >= 4 is 17.7 Å². The van der Waals surface area contributed by atoms with Gasteiger partial charge in [0, 0.05) is 24.9 Å². The summed E-state index contributed by atoms with van der Waals surface area (Å²) in [6, 6.07) is 7.77. The summed E-state index contributed by atoms with van der Waals surface area (Å²) in [5.74, 6) is 0.127. The molecule has 7 N–H and O–H groups in total. The number of nitrogens with zero attached hydrogens (tertiary/aromatic N) is 2. The van der Waals surface area contributed by atoms with Crippen LogP contribution in [0.25, 0.3) is 0 Å². The number of aliphatic imine (C=N–C) groups is 1. The lowest BCUT2D eigenvalue weighted by Crippen LogP contribution is -2.51. The maximum Gasteiger partial charge on any atom is 0.327 e. The minimum atomic E-state index is -0.143. The van der Waals surface area contributed by atoms with Crippen LogP contribution in [0.2, 0.25) is 0 Å². The quantitative estimate of drug-likeness (QED) is 0.277. The van der Waals surface area contributed by atoms with Crippen molar-refractivity contribution < 1.29 is 4.79 Å². The van der Waals surface area contributed by atoms with E-state index >= 15 is 0 Å². The van der Waals surface area contributed by atoms with Gasteiger partial charge in [-0.05, 0) is 42.9 Å². The van der Waals surface area contributed by atoms with E-state index in [0.717, 1.165) is 36.3 Å². The fraction of sp³-hybridized carbons (Fsp3) is 0.294. The first-order valence-electron chi connectivity index (χ1n) is 8.22. The number of benzene rings is 1. The molecule has 1 atom stereocenters. The maximum atomic E-state index is 12.2. The highest BCUT2D eigenvalue weighted by Crippen LogP contribution is 2.22. The van der Waals surface area contributed by atoms with E-state index in [1.165, 1.54) is 0 Å². The largest absolute Gasteiger partial charge is 0.370 e. The Bertz CT molecular complexity index is 704.